The van der Waals surface area contributed by atoms with Crippen LogP contribution in [-0.2, 0) is 11.3 Å². The van der Waals surface area contributed by atoms with Gasteiger partial charge in [0.25, 0.3) is 5.91 Å². The Hall–Kier alpha value is -2.31. The third kappa shape index (κ3) is 4.39. The summed E-state index contributed by atoms with van der Waals surface area (Å²) in [4.78, 5) is 21.3. The summed E-state index contributed by atoms with van der Waals surface area (Å²) in [6.45, 7) is 5.66. The molecular weight excluding hydrogens is 357 g/mol. The number of benzene rings is 1. The number of pyridine rings is 1. The number of piperidine rings is 1. The van der Waals surface area contributed by atoms with E-state index in [1.807, 2.05) is 17.2 Å². The standard InChI is InChI=1S/C22H26FN3O2/c23-20-5-3-19(4-6-20)21(27)26-10-7-22(8-11-26)16-25(12-13-28-17-22)15-18-2-1-9-24-14-18/h1-6,9,14H,7-8,10-13,15-17H2. The van der Waals surface area contributed by atoms with Crippen LogP contribution >= 0.6 is 0 Å². The monoisotopic (exact) mass is 383 g/mol. The third-order valence-corrected chi connectivity index (χ3v) is 5.85. The van der Waals surface area contributed by atoms with E-state index >= 15 is 0 Å². The molecule has 28 heavy (non-hydrogen) atoms. The van der Waals surface area contributed by atoms with Gasteiger partial charge in [-0.2, -0.15) is 0 Å². The Morgan fingerprint density at radius 1 is 1.14 bits per heavy atom. The van der Waals surface area contributed by atoms with Crippen LogP contribution in [0.4, 0.5) is 4.39 Å². The van der Waals surface area contributed by atoms with Crippen molar-refractivity contribution in [3.05, 3.63) is 65.7 Å². The number of nitrogens with zero attached hydrogens (tertiary/aromatic N) is 3. The summed E-state index contributed by atoms with van der Waals surface area (Å²) in [6.07, 6.45) is 5.56. The van der Waals surface area contributed by atoms with Crippen LogP contribution in [0.15, 0.2) is 48.8 Å². The highest BCUT2D eigenvalue weighted by Crippen LogP contribution is 2.35. The third-order valence-electron chi connectivity index (χ3n) is 5.85. The molecule has 2 aromatic rings. The van der Waals surface area contributed by atoms with Crippen molar-refractivity contribution >= 4 is 5.91 Å². The van der Waals surface area contributed by atoms with E-state index in [9.17, 15) is 9.18 Å². The van der Waals surface area contributed by atoms with Crippen molar-refractivity contribution in [3.8, 4) is 0 Å². The predicted octanol–water partition coefficient (Wildman–Crippen LogP) is 2.98. The van der Waals surface area contributed by atoms with Crippen molar-refractivity contribution in [1.82, 2.24) is 14.8 Å². The molecule has 0 bridgehead atoms. The second-order valence-corrected chi connectivity index (χ2v) is 7.92. The van der Waals surface area contributed by atoms with Gasteiger partial charge in [-0.25, -0.2) is 4.39 Å². The Morgan fingerprint density at radius 3 is 2.64 bits per heavy atom. The lowest BCUT2D eigenvalue weighted by Gasteiger charge is -2.42. The van der Waals surface area contributed by atoms with Gasteiger partial charge in [0.15, 0.2) is 0 Å². The minimum Gasteiger partial charge on any atom is -0.379 e. The second kappa shape index (κ2) is 8.37. The molecule has 0 radical (unpaired) electrons. The molecule has 2 aliphatic heterocycles. The van der Waals surface area contributed by atoms with E-state index in [0.29, 0.717) is 18.7 Å². The summed E-state index contributed by atoms with van der Waals surface area (Å²) in [6, 6.07) is 9.88. The molecule has 1 spiro atoms. The molecule has 0 atom stereocenters. The molecule has 2 saturated heterocycles. The number of ether oxygens (including phenoxy) is 1. The van der Waals surface area contributed by atoms with Crippen LogP contribution in [0.3, 0.4) is 0 Å². The van der Waals surface area contributed by atoms with Crippen molar-refractivity contribution in [2.75, 3.05) is 39.4 Å². The summed E-state index contributed by atoms with van der Waals surface area (Å²) < 4.78 is 19.1. The molecule has 2 fully saturated rings. The molecule has 148 valence electrons. The van der Waals surface area contributed by atoms with Gasteiger partial charge in [-0.15, -0.1) is 0 Å². The Kier molecular flexibility index (Phi) is 5.69. The number of aromatic nitrogens is 1. The average molecular weight is 383 g/mol. The highest BCUT2D eigenvalue weighted by molar-refractivity contribution is 5.94. The molecule has 0 N–H and O–H groups in total. The first-order valence-corrected chi connectivity index (χ1v) is 9.87. The Labute approximate surface area is 165 Å². The molecule has 4 rings (SSSR count). The summed E-state index contributed by atoms with van der Waals surface area (Å²) in [5, 5.41) is 0. The Balaban J connectivity index is 1.39. The molecule has 0 aliphatic carbocycles. The average Bonchev–Trinajstić information content (AvgIpc) is 2.91. The maximum atomic E-state index is 13.1. The SMILES string of the molecule is O=C(c1ccc(F)cc1)N1CCC2(CC1)COCCN(Cc1cccnc1)C2. The number of halogens is 1. The zero-order valence-corrected chi connectivity index (χ0v) is 16.0. The minimum absolute atomic E-state index is 0.0170. The first-order valence-electron chi connectivity index (χ1n) is 9.87. The van der Waals surface area contributed by atoms with E-state index in [0.717, 1.165) is 45.7 Å². The lowest BCUT2D eigenvalue weighted by Crippen LogP contribution is -2.48. The molecule has 0 unspecified atom stereocenters. The van der Waals surface area contributed by atoms with E-state index in [4.69, 9.17) is 4.74 Å². The lowest BCUT2D eigenvalue weighted by molar-refractivity contribution is 0.0145. The van der Waals surface area contributed by atoms with Gasteiger partial charge >= 0.3 is 0 Å². The van der Waals surface area contributed by atoms with E-state index in [1.165, 1.54) is 17.7 Å². The fraction of sp³-hybridized carbons (Fsp3) is 0.455. The summed E-state index contributed by atoms with van der Waals surface area (Å²) in [5.74, 6) is -0.338. The zero-order chi connectivity index (χ0) is 19.4. The number of likely N-dealkylation sites (tertiary alicyclic amines) is 1. The Morgan fingerprint density at radius 2 is 1.93 bits per heavy atom. The maximum absolute atomic E-state index is 13.1. The number of amides is 1. The van der Waals surface area contributed by atoms with Gasteiger partial charge in [0, 0.05) is 56.1 Å². The normalized spacial score (nSPS) is 20.1. The number of rotatable bonds is 3. The second-order valence-electron chi connectivity index (χ2n) is 7.92. The van der Waals surface area contributed by atoms with Crippen molar-refractivity contribution in [2.24, 2.45) is 5.41 Å². The van der Waals surface area contributed by atoms with Crippen molar-refractivity contribution in [3.63, 3.8) is 0 Å². The van der Waals surface area contributed by atoms with Gasteiger partial charge in [-0.05, 0) is 48.7 Å². The van der Waals surface area contributed by atoms with Crippen LogP contribution in [0.5, 0.6) is 0 Å². The predicted molar refractivity (Wildman–Crippen MR) is 104 cm³/mol. The summed E-state index contributed by atoms with van der Waals surface area (Å²) in [7, 11) is 0. The first kappa shape index (κ1) is 19.0. The largest absolute Gasteiger partial charge is 0.379 e. The Bertz CT molecular complexity index is 789. The molecule has 6 heteroatoms. The molecule has 1 amide bonds. The maximum Gasteiger partial charge on any atom is 0.253 e. The van der Waals surface area contributed by atoms with Gasteiger partial charge in [-0.3, -0.25) is 14.7 Å². The molecule has 3 heterocycles. The van der Waals surface area contributed by atoms with Crippen LogP contribution in [-0.4, -0.2) is 60.1 Å². The van der Waals surface area contributed by atoms with Gasteiger partial charge in [0.05, 0.1) is 13.2 Å². The van der Waals surface area contributed by atoms with Crippen LogP contribution < -0.4 is 0 Å². The smallest absolute Gasteiger partial charge is 0.253 e. The molecule has 0 saturated carbocycles. The minimum atomic E-state index is -0.321. The summed E-state index contributed by atoms with van der Waals surface area (Å²) >= 11 is 0. The highest BCUT2D eigenvalue weighted by atomic mass is 19.1. The first-order chi connectivity index (χ1) is 13.6. The quantitative estimate of drug-likeness (QED) is 0.818. The van der Waals surface area contributed by atoms with Crippen LogP contribution in [0.25, 0.3) is 0 Å². The molecule has 1 aromatic heterocycles. The fourth-order valence-corrected chi connectivity index (χ4v) is 4.23. The topological polar surface area (TPSA) is 45.7 Å². The molecule has 5 nitrogen and oxygen atoms in total. The molecule has 1 aromatic carbocycles. The van der Waals surface area contributed by atoms with Crippen molar-refractivity contribution in [1.29, 1.82) is 0 Å². The van der Waals surface area contributed by atoms with Crippen LogP contribution in [0, 0.1) is 11.2 Å². The van der Waals surface area contributed by atoms with E-state index in [-0.39, 0.29) is 17.1 Å². The molecular formula is C22H26FN3O2. The van der Waals surface area contributed by atoms with Crippen molar-refractivity contribution < 1.29 is 13.9 Å². The molecule has 2 aliphatic rings. The highest BCUT2D eigenvalue weighted by Gasteiger charge is 2.39. The van der Waals surface area contributed by atoms with E-state index < -0.39 is 0 Å². The van der Waals surface area contributed by atoms with Gasteiger partial charge in [-0.1, -0.05) is 6.07 Å². The van der Waals surface area contributed by atoms with Gasteiger partial charge in [0.1, 0.15) is 5.82 Å². The van der Waals surface area contributed by atoms with E-state index in [1.54, 1.807) is 18.3 Å². The number of hydrogen-bond donors (Lipinski definition) is 0. The van der Waals surface area contributed by atoms with Crippen LogP contribution in [0.1, 0.15) is 28.8 Å². The van der Waals surface area contributed by atoms with Crippen LogP contribution in [0.2, 0.25) is 0 Å². The fourth-order valence-electron chi connectivity index (χ4n) is 4.23. The van der Waals surface area contributed by atoms with E-state index in [2.05, 4.69) is 16.0 Å². The number of hydrogen-bond acceptors (Lipinski definition) is 4. The van der Waals surface area contributed by atoms with Gasteiger partial charge in [0.2, 0.25) is 0 Å². The zero-order valence-electron chi connectivity index (χ0n) is 16.0. The van der Waals surface area contributed by atoms with Gasteiger partial charge < -0.3 is 9.64 Å². The number of carbonyl (C=O) groups is 1. The number of carbonyl (C=O) groups excluding carboxylic acids is 1. The van der Waals surface area contributed by atoms with Crippen molar-refractivity contribution in [2.45, 2.75) is 19.4 Å². The lowest BCUT2D eigenvalue weighted by atomic mass is 9.78. The summed E-state index contributed by atoms with van der Waals surface area (Å²) in [5.41, 5.74) is 1.84.